The van der Waals surface area contributed by atoms with Crippen molar-refractivity contribution < 1.29 is 4.42 Å². The van der Waals surface area contributed by atoms with Crippen LogP contribution >= 0.6 is 22.9 Å². The van der Waals surface area contributed by atoms with Gasteiger partial charge in [0.25, 0.3) is 5.89 Å². The van der Waals surface area contributed by atoms with Crippen LogP contribution in [0, 0.1) is 6.92 Å². The Labute approximate surface area is 149 Å². The SMILES string of the molecule is Cc1ncsc1-c1nnc(C2CCCN2Cc2cccc(Cl)c2)o1. The smallest absolute Gasteiger partial charge is 0.259 e. The summed E-state index contributed by atoms with van der Waals surface area (Å²) in [5.74, 6) is 1.26. The normalized spacial score (nSPS) is 18.3. The standard InChI is InChI=1S/C17H17ClN4OS/c1-11-15(24-10-19-11)17-21-20-16(23-17)14-6-3-7-22(14)9-12-4-2-5-13(18)8-12/h2,4-5,8,10,14H,3,6-7,9H2,1H3. The maximum Gasteiger partial charge on any atom is 0.259 e. The first-order chi connectivity index (χ1) is 11.7. The van der Waals surface area contributed by atoms with Crippen molar-refractivity contribution in [3.63, 3.8) is 0 Å². The minimum absolute atomic E-state index is 0.165. The van der Waals surface area contributed by atoms with Crippen molar-refractivity contribution in [3.05, 3.63) is 51.9 Å². The molecule has 0 N–H and O–H groups in total. The molecule has 0 radical (unpaired) electrons. The second-order valence-electron chi connectivity index (χ2n) is 5.97. The molecule has 0 saturated carbocycles. The Balaban J connectivity index is 1.55. The van der Waals surface area contributed by atoms with Gasteiger partial charge in [0.1, 0.15) is 4.88 Å². The van der Waals surface area contributed by atoms with Gasteiger partial charge in [-0.3, -0.25) is 4.90 Å². The largest absolute Gasteiger partial charge is 0.418 e. The number of rotatable bonds is 4. The van der Waals surface area contributed by atoms with Crippen LogP contribution in [0.3, 0.4) is 0 Å². The van der Waals surface area contributed by atoms with Crippen LogP contribution in [-0.4, -0.2) is 26.6 Å². The number of likely N-dealkylation sites (tertiary alicyclic amines) is 1. The topological polar surface area (TPSA) is 55.1 Å². The third kappa shape index (κ3) is 3.09. The van der Waals surface area contributed by atoms with E-state index in [-0.39, 0.29) is 6.04 Å². The summed E-state index contributed by atoms with van der Waals surface area (Å²) in [7, 11) is 0. The number of benzene rings is 1. The van der Waals surface area contributed by atoms with Crippen molar-refractivity contribution in [2.75, 3.05) is 6.54 Å². The average molecular weight is 361 g/mol. The zero-order chi connectivity index (χ0) is 16.5. The van der Waals surface area contributed by atoms with Gasteiger partial charge in [-0.2, -0.15) is 0 Å². The molecule has 0 amide bonds. The van der Waals surface area contributed by atoms with E-state index in [2.05, 4.69) is 26.1 Å². The minimum Gasteiger partial charge on any atom is -0.418 e. The average Bonchev–Trinajstić information content (AvgIpc) is 3.27. The Morgan fingerprint density at radius 2 is 2.29 bits per heavy atom. The van der Waals surface area contributed by atoms with Crippen molar-refractivity contribution in [3.8, 4) is 10.8 Å². The maximum atomic E-state index is 6.09. The van der Waals surface area contributed by atoms with E-state index in [9.17, 15) is 0 Å². The third-order valence-electron chi connectivity index (χ3n) is 4.30. The molecule has 3 heterocycles. The summed E-state index contributed by atoms with van der Waals surface area (Å²) >= 11 is 7.62. The molecule has 0 spiro atoms. The van der Waals surface area contributed by atoms with Gasteiger partial charge < -0.3 is 4.42 Å². The summed E-state index contributed by atoms with van der Waals surface area (Å²) in [6, 6.07) is 8.16. The van der Waals surface area contributed by atoms with Gasteiger partial charge in [-0.1, -0.05) is 23.7 Å². The van der Waals surface area contributed by atoms with Gasteiger partial charge in [0.15, 0.2) is 0 Å². The van der Waals surface area contributed by atoms with Gasteiger partial charge in [0.05, 0.1) is 17.2 Å². The van der Waals surface area contributed by atoms with E-state index in [1.165, 1.54) is 16.9 Å². The third-order valence-corrected chi connectivity index (χ3v) is 5.46. The molecule has 1 aliphatic heterocycles. The summed E-state index contributed by atoms with van der Waals surface area (Å²) in [6.07, 6.45) is 2.16. The molecule has 1 atom stereocenters. The van der Waals surface area contributed by atoms with Gasteiger partial charge in [0, 0.05) is 11.6 Å². The fourth-order valence-corrected chi connectivity index (χ4v) is 4.07. The van der Waals surface area contributed by atoms with E-state index in [1.54, 1.807) is 5.51 Å². The van der Waals surface area contributed by atoms with Crippen molar-refractivity contribution in [2.45, 2.75) is 32.4 Å². The highest BCUT2D eigenvalue weighted by Crippen LogP contribution is 2.35. The van der Waals surface area contributed by atoms with Gasteiger partial charge >= 0.3 is 0 Å². The Bertz CT molecular complexity index is 846. The fourth-order valence-electron chi connectivity index (χ4n) is 3.13. The van der Waals surface area contributed by atoms with E-state index in [1.807, 2.05) is 25.1 Å². The highest BCUT2D eigenvalue weighted by molar-refractivity contribution is 7.13. The molecule has 1 saturated heterocycles. The van der Waals surface area contributed by atoms with Crippen LogP contribution in [0.5, 0.6) is 0 Å². The molecule has 5 nitrogen and oxygen atoms in total. The number of aryl methyl sites for hydroxylation is 1. The molecule has 3 aromatic rings. The zero-order valence-corrected chi connectivity index (χ0v) is 14.8. The predicted octanol–water partition coefficient (Wildman–Crippen LogP) is 4.49. The number of hydrogen-bond acceptors (Lipinski definition) is 6. The molecule has 4 rings (SSSR count). The first-order valence-electron chi connectivity index (χ1n) is 7.93. The van der Waals surface area contributed by atoms with Crippen LogP contribution in [-0.2, 0) is 6.54 Å². The Morgan fingerprint density at radius 3 is 3.08 bits per heavy atom. The molecule has 124 valence electrons. The molecule has 0 aliphatic carbocycles. The summed E-state index contributed by atoms with van der Waals surface area (Å²) in [6.45, 7) is 3.81. The van der Waals surface area contributed by atoms with Gasteiger partial charge in [-0.25, -0.2) is 4.98 Å². The summed E-state index contributed by atoms with van der Waals surface area (Å²) < 4.78 is 5.96. The maximum absolute atomic E-state index is 6.09. The molecular formula is C17H17ClN4OS. The number of hydrogen-bond donors (Lipinski definition) is 0. The van der Waals surface area contributed by atoms with Gasteiger partial charge in [-0.05, 0) is 44.0 Å². The lowest BCUT2D eigenvalue weighted by molar-refractivity contribution is 0.215. The lowest BCUT2D eigenvalue weighted by atomic mass is 10.2. The van der Waals surface area contributed by atoms with E-state index < -0.39 is 0 Å². The summed E-state index contributed by atoms with van der Waals surface area (Å²) in [5.41, 5.74) is 3.93. The van der Waals surface area contributed by atoms with Crippen molar-refractivity contribution in [1.82, 2.24) is 20.1 Å². The molecule has 1 aliphatic rings. The van der Waals surface area contributed by atoms with Crippen LogP contribution in [0.1, 0.15) is 36.0 Å². The second-order valence-corrected chi connectivity index (χ2v) is 7.26. The lowest BCUT2D eigenvalue weighted by Gasteiger charge is -2.21. The van der Waals surface area contributed by atoms with E-state index in [4.69, 9.17) is 16.0 Å². The number of thiazole rings is 1. The van der Waals surface area contributed by atoms with Crippen molar-refractivity contribution in [1.29, 1.82) is 0 Å². The quantitative estimate of drug-likeness (QED) is 0.686. The van der Waals surface area contributed by atoms with Gasteiger partial charge in [0.2, 0.25) is 5.89 Å². The molecule has 7 heteroatoms. The summed E-state index contributed by atoms with van der Waals surface area (Å²) in [4.78, 5) is 7.58. The highest BCUT2D eigenvalue weighted by Gasteiger charge is 2.31. The predicted molar refractivity (Wildman–Crippen MR) is 94.0 cm³/mol. The van der Waals surface area contributed by atoms with Crippen LogP contribution < -0.4 is 0 Å². The second kappa shape index (κ2) is 6.63. The van der Waals surface area contributed by atoms with Gasteiger partial charge in [-0.15, -0.1) is 21.5 Å². The van der Waals surface area contributed by atoms with Crippen molar-refractivity contribution in [2.24, 2.45) is 0 Å². The molecule has 24 heavy (non-hydrogen) atoms. The van der Waals surface area contributed by atoms with Crippen LogP contribution in [0.15, 0.2) is 34.2 Å². The monoisotopic (exact) mass is 360 g/mol. The first-order valence-corrected chi connectivity index (χ1v) is 9.19. The molecular weight excluding hydrogens is 344 g/mol. The fraction of sp³-hybridized carbons (Fsp3) is 0.353. The number of aromatic nitrogens is 3. The summed E-state index contributed by atoms with van der Waals surface area (Å²) in [5, 5.41) is 9.29. The molecule has 1 fully saturated rings. The molecule has 1 aromatic carbocycles. The number of nitrogens with zero attached hydrogens (tertiary/aromatic N) is 4. The van der Waals surface area contributed by atoms with E-state index >= 15 is 0 Å². The highest BCUT2D eigenvalue weighted by atomic mass is 35.5. The van der Waals surface area contributed by atoms with E-state index in [0.717, 1.165) is 41.5 Å². The first kappa shape index (κ1) is 15.7. The Kier molecular flexibility index (Phi) is 4.35. The van der Waals surface area contributed by atoms with E-state index in [0.29, 0.717) is 11.8 Å². The van der Waals surface area contributed by atoms with Crippen LogP contribution in [0.25, 0.3) is 10.8 Å². The molecule has 2 aromatic heterocycles. The van der Waals surface area contributed by atoms with Crippen LogP contribution in [0.4, 0.5) is 0 Å². The Morgan fingerprint density at radius 1 is 1.38 bits per heavy atom. The Hall–Kier alpha value is -1.76. The molecule has 1 unspecified atom stereocenters. The minimum atomic E-state index is 0.165. The molecule has 0 bridgehead atoms. The van der Waals surface area contributed by atoms with Crippen LogP contribution in [0.2, 0.25) is 5.02 Å². The number of halogens is 1. The lowest BCUT2D eigenvalue weighted by Crippen LogP contribution is -2.23. The van der Waals surface area contributed by atoms with Crippen molar-refractivity contribution >= 4 is 22.9 Å². The zero-order valence-electron chi connectivity index (χ0n) is 13.3.